The van der Waals surface area contributed by atoms with E-state index in [2.05, 4.69) is 0 Å². The Kier molecular flexibility index (Phi) is 5.88. The van der Waals surface area contributed by atoms with Crippen LogP contribution in [0.5, 0.6) is 0 Å². The van der Waals surface area contributed by atoms with Gasteiger partial charge in [0.2, 0.25) is 0 Å². The first-order valence-corrected chi connectivity index (χ1v) is 6.08. The summed E-state index contributed by atoms with van der Waals surface area (Å²) >= 11 is 0. The number of aliphatic hydroxyl groups is 1. The van der Waals surface area contributed by atoms with E-state index in [0.29, 0.717) is 0 Å². The molecular formula is C13H16F5NO. The molecule has 0 aromatic heterocycles. The minimum Gasteiger partial charge on any atom is -0.388 e. The Morgan fingerprint density at radius 3 is 2.45 bits per heavy atom. The smallest absolute Gasteiger partial charge is 0.388 e. The highest BCUT2D eigenvalue weighted by Crippen LogP contribution is 2.23. The van der Waals surface area contributed by atoms with Crippen LogP contribution in [0.4, 0.5) is 22.0 Å². The van der Waals surface area contributed by atoms with Gasteiger partial charge in [0.25, 0.3) is 0 Å². The topological polar surface area (TPSA) is 23.5 Å². The van der Waals surface area contributed by atoms with Gasteiger partial charge in [-0.05, 0) is 19.5 Å². The van der Waals surface area contributed by atoms with E-state index >= 15 is 0 Å². The third-order valence-corrected chi connectivity index (χ3v) is 2.90. The molecule has 0 radical (unpaired) electrons. The number of rotatable bonds is 6. The van der Waals surface area contributed by atoms with Gasteiger partial charge in [0.05, 0.1) is 12.5 Å². The van der Waals surface area contributed by atoms with Gasteiger partial charge in [-0.3, -0.25) is 0 Å². The van der Waals surface area contributed by atoms with Gasteiger partial charge < -0.3 is 10.0 Å². The van der Waals surface area contributed by atoms with Crippen LogP contribution in [0.25, 0.3) is 0 Å². The van der Waals surface area contributed by atoms with Crippen LogP contribution in [-0.4, -0.2) is 36.3 Å². The molecule has 1 unspecified atom stereocenters. The van der Waals surface area contributed by atoms with Crippen molar-refractivity contribution >= 4 is 0 Å². The fourth-order valence-electron chi connectivity index (χ4n) is 1.71. The fraction of sp³-hybridized carbons (Fsp3) is 0.538. The summed E-state index contributed by atoms with van der Waals surface area (Å²) in [5.41, 5.74) is -0.186. The number of benzene rings is 1. The number of nitrogens with zero attached hydrogens (tertiary/aromatic N) is 1. The van der Waals surface area contributed by atoms with Crippen molar-refractivity contribution in [1.82, 2.24) is 4.90 Å². The van der Waals surface area contributed by atoms with Crippen LogP contribution in [-0.2, 0) is 0 Å². The molecule has 20 heavy (non-hydrogen) atoms. The summed E-state index contributed by atoms with van der Waals surface area (Å²) in [4.78, 5) is 1.38. The third-order valence-electron chi connectivity index (χ3n) is 2.90. The molecule has 1 N–H and O–H groups in total. The summed E-state index contributed by atoms with van der Waals surface area (Å²) in [5, 5.41) is 9.75. The normalized spacial score (nSPS) is 13.8. The molecule has 7 heteroatoms. The lowest BCUT2D eigenvalue weighted by Crippen LogP contribution is -2.26. The quantitative estimate of drug-likeness (QED) is 0.815. The molecular weight excluding hydrogens is 281 g/mol. The van der Waals surface area contributed by atoms with Crippen molar-refractivity contribution in [2.24, 2.45) is 0 Å². The second-order valence-corrected chi connectivity index (χ2v) is 4.62. The third kappa shape index (κ3) is 5.42. The Labute approximate surface area is 113 Å². The maximum atomic E-state index is 13.4. The van der Waals surface area contributed by atoms with Crippen LogP contribution in [0.3, 0.4) is 0 Å². The molecule has 0 spiro atoms. The minimum atomic E-state index is -4.23. The SMILES string of the molecule is CN(CCC(O)c1cccc(F)c1F)CCC(F)(F)F. The Hall–Kier alpha value is -1.21. The van der Waals surface area contributed by atoms with Crippen molar-refractivity contribution in [3.05, 3.63) is 35.4 Å². The molecule has 0 aliphatic rings. The lowest BCUT2D eigenvalue weighted by atomic mass is 10.1. The van der Waals surface area contributed by atoms with E-state index in [1.54, 1.807) is 0 Å². The predicted octanol–water partition coefficient (Wildman–Crippen LogP) is 3.27. The number of hydrogen-bond acceptors (Lipinski definition) is 2. The Balaban J connectivity index is 2.47. The van der Waals surface area contributed by atoms with Crippen LogP contribution in [0, 0.1) is 11.6 Å². The number of alkyl halides is 3. The molecule has 114 valence electrons. The summed E-state index contributed by atoms with van der Waals surface area (Å²) in [5.74, 6) is -2.19. The maximum Gasteiger partial charge on any atom is 0.390 e. The second-order valence-electron chi connectivity index (χ2n) is 4.62. The van der Waals surface area contributed by atoms with Crippen molar-refractivity contribution in [2.75, 3.05) is 20.1 Å². The Morgan fingerprint density at radius 1 is 1.20 bits per heavy atom. The van der Waals surface area contributed by atoms with E-state index < -0.39 is 30.3 Å². The number of aliphatic hydroxyl groups excluding tert-OH is 1. The summed E-state index contributed by atoms with van der Waals surface area (Å²) < 4.78 is 62.4. The highest BCUT2D eigenvalue weighted by Gasteiger charge is 2.27. The standard InChI is InChI=1S/C13H16F5NO/c1-19(8-6-13(16,17)18)7-5-11(20)9-3-2-4-10(14)12(9)15/h2-4,11,20H,5-8H2,1H3. The average molecular weight is 297 g/mol. The van der Waals surface area contributed by atoms with Crippen molar-refractivity contribution in [1.29, 1.82) is 0 Å². The second kappa shape index (κ2) is 6.99. The van der Waals surface area contributed by atoms with Crippen molar-refractivity contribution in [2.45, 2.75) is 25.1 Å². The summed E-state index contributed by atoms with van der Waals surface area (Å²) in [6.07, 6.45) is -6.41. The molecule has 2 nitrogen and oxygen atoms in total. The summed E-state index contributed by atoms with van der Waals surface area (Å²) in [7, 11) is 1.47. The van der Waals surface area contributed by atoms with Crippen molar-refractivity contribution in [3.63, 3.8) is 0 Å². The fourth-order valence-corrected chi connectivity index (χ4v) is 1.71. The van der Waals surface area contributed by atoms with E-state index in [1.807, 2.05) is 0 Å². The molecule has 0 bridgehead atoms. The van der Waals surface area contributed by atoms with Gasteiger partial charge in [-0.1, -0.05) is 12.1 Å². The molecule has 0 aliphatic heterocycles. The van der Waals surface area contributed by atoms with Gasteiger partial charge in [-0.25, -0.2) is 8.78 Å². The van der Waals surface area contributed by atoms with E-state index in [0.717, 1.165) is 6.07 Å². The van der Waals surface area contributed by atoms with Crippen LogP contribution in [0.1, 0.15) is 24.5 Å². The van der Waals surface area contributed by atoms with Crippen LogP contribution >= 0.6 is 0 Å². The summed E-state index contributed by atoms with van der Waals surface area (Å²) in [6.45, 7) is -0.0605. The monoisotopic (exact) mass is 297 g/mol. The van der Waals surface area contributed by atoms with Crippen LogP contribution in [0.15, 0.2) is 18.2 Å². The van der Waals surface area contributed by atoms with E-state index in [4.69, 9.17) is 0 Å². The molecule has 0 amide bonds. The van der Waals surface area contributed by atoms with Gasteiger partial charge >= 0.3 is 6.18 Å². The number of hydrogen-bond donors (Lipinski definition) is 1. The molecule has 1 atom stereocenters. The highest BCUT2D eigenvalue weighted by molar-refractivity contribution is 5.21. The first-order chi connectivity index (χ1) is 9.20. The molecule has 0 heterocycles. The van der Waals surface area contributed by atoms with Crippen molar-refractivity contribution in [3.8, 4) is 0 Å². The first-order valence-electron chi connectivity index (χ1n) is 6.08. The van der Waals surface area contributed by atoms with Gasteiger partial charge in [-0.2, -0.15) is 13.2 Å². The largest absolute Gasteiger partial charge is 0.390 e. The average Bonchev–Trinajstić information content (AvgIpc) is 2.36. The number of halogens is 5. The van der Waals surface area contributed by atoms with Crippen LogP contribution in [0.2, 0.25) is 0 Å². The zero-order valence-corrected chi connectivity index (χ0v) is 10.9. The molecule has 1 rings (SSSR count). The molecule has 0 saturated carbocycles. The summed E-state index contributed by atoms with van der Waals surface area (Å²) in [6, 6.07) is 3.45. The lowest BCUT2D eigenvalue weighted by Gasteiger charge is -2.20. The van der Waals surface area contributed by atoms with Gasteiger partial charge in [0, 0.05) is 18.7 Å². The minimum absolute atomic E-state index is 0.0226. The molecule has 1 aromatic rings. The predicted molar refractivity (Wildman–Crippen MR) is 64.1 cm³/mol. The van der Waals surface area contributed by atoms with Crippen molar-refractivity contribution < 1.29 is 27.1 Å². The van der Waals surface area contributed by atoms with Gasteiger partial charge in [0.15, 0.2) is 11.6 Å². The maximum absolute atomic E-state index is 13.4. The van der Waals surface area contributed by atoms with E-state index in [-0.39, 0.29) is 25.1 Å². The van der Waals surface area contributed by atoms with Crippen LogP contribution < -0.4 is 0 Å². The van der Waals surface area contributed by atoms with E-state index in [9.17, 15) is 27.1 Å². The lowest BCUT2D eigenvalue weighted by molar-refractivity contribution is -0.137. The molecule has 0 aliphatic carbocycles. The highest BCUT2D eigenvalue weighted by atomic mass is 19.4. The zero-order chi connectivity index (χ0) is 15.3. The Morgan fingerprint density at radius 2 is 1.85 bits per heavy atom. The molecule has 1 aromatic carbocycles. The first kappa shape index (κ1) is 16.8. The van der Waals surface area contributed by atoms with Gasteiger partial charge in [-0.15, -0.1) is 0 Å². The Bertz CT molecular complexity index is 435. The molecule has 0 fully saturated rings. The van der Waals surface area contributed by atoms with E-state index in [1.165, 1.54) is 24.1 Å². The molecule has 0 saturated heterocycles. The van der Waals surface area contributed by atoms with Gasteiger partial charge in [0.1, 0.15) is 0 Å². The zero-order valence-electron chi connectivity index (χ0n) is 10.9.